The fourth-order valence-corrected chi connectivity index (χ4v) is 4.42. The first-order valence-corrected chi connectivity index (χ1v) is 11.7. The summed E-state index contributed by atoms with van der Waals surface area (Å²) in [7, 11) is -3.81. The number of thioether (sulfide) groups is 1. The summed E-state index contributed by atoms with van der Waals surface area (Å²) in [6.07, 6.45) is 0. The molecule has 0 bridgehead atoms. The summed E-state index contributed by atoms with van der Waals surface area (Å²) in [6, 6.07) is 22.2. The number of hydrogen-bond donors (Lipinski definition) is 3. The topological polar surface area (TPSA) is 118 Å². The molecule has 31 heavy (non-hydrogen) atoms. The van der Waals surface area contributed by atoms with E-state index in [2.05, 4.69) is 10.6 Å². The van der Waals surface area contributed by atoms with Crippen LogP contribution in [0.3, 0.4) is 0 Å². The minimum atomic E-state index is -3.81. The van der Waals surface area contributed by atoms with Crippen molar-refractivity contribution in [3.8, 4) is 0 Å². The smallest absolute Gasteiger partial charge is 0.242 e. The van der Waals surface area contributed by atoms with Gasteiger partial charge in [0.15, 0.2) is 0 Å². The van der Waals surface area contributed by atoms with E-state index >= 15 is 0 Å². The molecule has 3 aromatic rings. The Morgan fingerprint density at radius 3 is 2.16 bits per heavy atom. The van der Waals surface area contributed by atoms with Gasteiger partial charge in [0.05, 0.1) is 4.90 Å². The van der Waals surface area contributed by atoms with Crippen LogP contribution in [-0.4, -0.2) is 20.2 Å². The molecular weight excluding hydrogens is 434 g/mol. The number of amides is 2. The number of primary sulfonamides is 1. The van der Waals surface area contributed by atoms with E-state index in [9.17, 15) is 18.0 Å². The molecule has 9 heteroatoms. The zero-order chi connectivity index (χ0) is 22.4. The first kappa shape index (κ1) is 22.5. The third kappa shape index (κ3) is 6.42. The number of nitrogens with two attached hydrogens (primary N) is 1. The summed E-state index contributed by atoms with van der Waals surface area (Å²) in [5, 5.41) is 10.1. The van der Waals surface area contributed by atoms with Gasteiger partial charge in [0.1, 0.15) is 5.25 Å². The van der Waals surface area contributed by atoms with Crippen molar-refractivity contribution in [1.82, 2.24) is 0 Å². The van der Waals surface area contributed by atoms with E-state index < -0.39 is 15.3 Å². The Bertz CT molecular complexity index is 1180. The second-order valence-electron chi connectivity index (χ2n) is 6.68. The van der Waals surface area contributed by atoms with E-state index in [-0.39, 0.29) is 16.7 Å². The van der Waals surface area contributed by atoms with Crippen LogP contribution in [0.5, 0.6) is 0 Å². The number of hydrogen-bond acceptors (Lipinski definition) is 5. The molecule has 1 atom stereocenters. The van der Waals surface area contributed by atoms with Crippen LogP contribution < -0.4 is 15.8 Å². The molecule has 3 aromatic carbocycles. The SMILES string of the molecule is CC(=O)Nc1cccc(SC(C(=O)Nc2ccc(S(N)(=O)=O)cc2)c2ccccc2)c1. The molecule has 0 saturated carbocycles. The summed E-state index contributed by atoms with van der Waals surface area (Å²) in [5.41, 5.74) is 1.89. The Balaban J connectivity index is 1.84. The van der Waals surface area contributed by atoms with E-state index in [1.165, 1.54) is 43.0 Å². The highest BCUT2D eigenvalue weighted by Crippen LogP contribution is 2.37. The highest BCUT2D eigenvalue weighted by molar-refractivity contribution is 8.00. The van der Waals surface area contributed by atoms with Crippen molar-refractivity contribution >= 4 is 45.0 Å². The summed E-state index contributed by atoms with van der Waals surface area (Å²) in [4.78, 5) is 25.2. The van der Waals surface area contributed by atoms with Crippen molar-refractivity contribution in [2.75, 3.05) is 10.6 Å². The molecule has 1 unspecified atom stereocenters. The lowest BCUT2D eigenvalue weighted by atomic mass is 10.1. The van der Waals surface area contributed by atoms with Gasteiger partial charge in [-0.25, -0.2) is 13.6 Å². The zero-order valence-corrected chi connectivity index (χ0v) is 18.2. The molecule has 0 aliphatic rings. The van der Waals surface area contributed by atoms with Gasteiger partial charge in [-0.15, -0.1) is 11.8 Å². The van der Waals surface area contributed by atoms with Crippen LogP contribution in [0.15, 0.2) is 88.7 Å². The van der Waals surface area contributed by atoms with Crippen molar-refractivity contribution < 1.29 is 18.0 Å². The summed E-state index contributed by atoms with van der Waals surface area (Å²) < 4.78 is 22.8. The Morgan fingerprint density at radius 2 is 1.55 bits per heavy atom. The quantitative estimate of drug-likeness (QED) is 0.469. The normalized spacial score (nSPS) is 12.1. The third-order valence-electron chi connectivity index (χ3n) is 4.20. The van der Waals surface area contributed by atoms with Crippen LogP contribution in [0.1, 0.15) is 17.7 Å². The van der Waals surface area contributed by atoms with Gasteiger partial charge in [-0.2, -0.15) is 0 Å². The van der Waals surface area contributed by atoms with Gasteiger partial charge in [-0.05, 0) is 48.0 Å². The van der Waals surface area contributed by atoms with Crippen molar-refractivity contribution in [2.24, 2.45) is 5.14 Å². The predicted molar refractivity (Wildman–Crippen MR) is 122 cm³/mol. The largest absolute Gasteiger partial charge is 0.326 e. The van der Waals surface area contributed by atoms with E-state index in [4.69, 9.17) is 5.14 Å². The molecular formula is C22H21N3O4S2. The molecule has 0 aliphatic heterocycles. The number of benzene rings is 3. The maximum absolute atomic E-state index is 13.1. The first-order valence-electron chi connectivity index (χ1n) is 9.25. The number of carbonyl (C=O) groups is 2. The third-order valence-corrected chi connectivity index (χ3v) is 6.38. The second-order valence-corrected chi connectivity index (χ2v) is 9.42. The second kappa shape index (κ2) is 9.78. The van der Waals surface area contributed by atoms with Gasteiger partial charge >= 0.3 is 0 Å². The van der Waals surface area contributed by atoms with Crippen molar-refractivity contribution in [2.45, 2.75) is 22.0 Å². The highest BCUT2D eigenvalue weighted by Gasteiger charge is 2.22. The molecule has 0 fully saturated rings. The number of rotatable bonds is 7. The monoisotopic (exact) mass is 455 g/mol. The standard InChI is InChI=1S/C22H21N3O4S2/c1-15(26)24-18-8-5-9-19(14-18)30-21(16-6-3-2-4-7-16)22(27)25-17-10-12-20(13-11-17)31(23,28)29/h2-14,21H,1H3,(H,24,26)(H,25,27)(H2,23,28,29). The van der Waals surface area contributed by atoms with Crippen LogP contribution in [0.2, 0.25) is 0 Å². The molecule has 2 amide bonds. The van der Waals surface area contributed by atoms with Crippen LogP contribution >= 0.6 is 11.8 Å². The number of nitrogens with one attached hydrogen (secondary N) is 2. The van der Waals surface area contributed by atoms with Crippen molar-refractivity contribution in [3.63, 3.8) is 0 Å². The highest BCUT2D eigenvalue weighted by atomic mass is 32.2. The Kier molecular flexibility index (Phi) is 7.11. The Hall–Kier alpha value is -3.14. The van der Waals surface area contributed by atoms with Crippen LogP contribution in [0.25, 0.3) is 0 Å². The van der Waals surface area contributed by atoms with Gasteiger partial charge in [-0.3, -0.25) is 9.59 Å². The molecule has 0 saturated heterocycles. The predicted octanol–water partition coefficient (Wildman–Crippen LogP) is 3.76. The molecule has 0 spiro atoms. The summed E-state index contributed by atoms with van der Waals surface area (Å²) in [6.45, 7) is 1.43. The minimum absolute atomic E-state index is 0.0331. The molecule has 0 heterocycles. The zero-order valence-electron chi connectivity index (χ0n) is 16.6. The number of anilines is 2. The lowest BCUT2D eigenvalue weighted by Gasteiger charge is -2.18. The molecule has 0 aromatic heterocycles. The van der Waals surface area contributed by atoms with Gasteiger partial charge < -0.3 is 10.6 Å². The van der Waals surface area contributed by atoms with Gasteiger partial charge in [-0.1, -0.05) is 36.4 Å². The van der Waals surface area contributed by atoms with E-state index in [1.807, 2.05) is 36.4 Å². The van der Waals surface area contributed by atoms with Crippen LogP contribution in [0.4, 0.5) is 11.4 Å². The number of carbonyl (C=O) groups excluding carboxylic acids is 2. The van der Waals surface area contributed by atoms with Gasteiger partial charge in [0.25, 0.3) is 0 Å². The van der Waals surface area contributed by atoms with E-state index in [1.54, 1.807) is 18.2 Å². The molecule has 0 aliphatic carbocycles. The van der Waals surface area contributed by atoms with E-state index in [0.717, 1.165) is 10.5 Å². The van der Waals surface area contributed by atoms with Gasteiger partial charge in [0, 0.05) is 23.2 Å². The maximum atomic E-state index is 13.1. The lowest BCUT2D eigenvalue weighted by molar-refractivity contribution is -0.116. The minimum Gasteiger partial charge on any atom is -0.326 e. The average Bonchev–Trinajstić information content (AvgIpc) is 2.72. The molecule has 7 nitrogen and oxygen atoms in total. The average molecular weight is 456 g/mol. The first-order chi connectivity index (χ1) is 14.7. The van der Waals surface area contributed by atoms with Crippen molar-refractivity contribution in [3.05, 3.63) is 84.4 Å². The molecule has 160 valence electrons. The number of sulfonamides is 1. The fourth-order valence-electron chi connectivity index (χ4n) is 2.82. The summed E-state index contributed by atoms with van der Waals surface area (Å²) in [5.74, 6) is -0.452. The molecule has 0 radical (unpaired) electrons. The lowest BCUT2D eigenvalue weighted by Crippen LogP contribution is -2.19. The van der Waals surface area contributed by atoms with Crippen LogP contribution in [0, 0.1) is 0 Å². The molecule has 4 N–H and O–H groups in total. The summed E-state index contributed by atoms with van der Waals surface area (Å²) >= 11 is 1.34. The maximum Gasteiger partial charge on any atom is 0.242 e. The van der Waals surface area contributed by atoms with Crippen molar-refractivity contribution in [1.29, 1.82) is 0 Å². The fraction of sp³-hybridized carbons (Fsp3) is 0.0909. The molecule has 3 rings (SSSR count). The van der Waals surface area contributed by atoms with Crippen LogP contribution in [-0.2, 0) is 19.6 Å². The van der Waals surface area contributed by atoms with E-state index in [0.29, 0.717) is 11.4 Å². The Labute approximate surface area is 185 Å². The van der Waals surface area contributed by atoms with Gasteiger partial charge in [0.2, 0.25) is 21.8 Å². The Morgan fingerprint density at radius 1 is 0.871 bits per heavy atom.